The lowest BCUT2D eigenvalue weighted by atomic mass is 10.1. The van der Waals surface area contributed by atoms with E-state index >= 15 is 0 Å². The highest BCUT2D eigenvalue weighted by molar-refractivity contribution is 5.97. The molecule has 2 aromatic carbocycles. The zero-order valence-electron chi connectivity index (χ0n) is 14.2. The zero-order valence-corrected chi connectivity index (χ0v) is 14.2. The number of methoxy groups -OCH3 is 1. The average Bonchev–Trinajstić information content (AvgIpc) is 2.64. The van der Waals surface area contributed by atoms with Gasteiger partial charge in [-0.2, -0.15) is 0 Å². The molecule has 25 heavy (non-hydrogen) atoms. The van der Waals surface area contributed by atoms with Crippen LogP contribution in [0.25, 0.3) is 12.2 Å². The van der Waals surface area contributed by atoms with Crippen LogP contribution in [0.5, 0.6) is 0 Å². The van der Waals surface area contributed by atoms with Crippen LogP contribution in [0.3, 0.4) is 0 Å². The predicted octanol–water partition coefficient (Wildman–Crippen LogP) is 2.51. The van der Waals surface area contributed by atoms with Crippen LogP contribution in [0.4, 0.5) is 0 Å². The molecule has 2 atom stereocenters. The number of rotatable bonds is 6. The van der Waals surface area contributed by atoms with Crippen LogP contribution in [0.15, 0.2) is 54.6 Å². The number of nitrogens with one attached hydrogen (secondary N) is 1. The number of hydrogen-bond acceptors (Lipinski definition) is 4. The van der Waals surface area contributed by atoms with Gasteiger partial charge in [0.1, 0.15) is 0 Å². The van der Waals surface area contributed by atoms with Gasteiger partial charge in [0.05, 0.1) is 13.2 Å². The summed E-state index contributed by atoms with van der Waals surface area (Å²) in [5.74, 6) is -1.14. The van der Waals surface area contributed by atoms with E-state index in [1.54, 1.807) is 12.1 Å². The van der Waals surface area contributed by atoms with Crippen molar-refractivity contribution >= 4 is 24.0 Å². The van der Waals surface area contributed by atoms with Crippen molar-refractivity contribution in [1.29, 1.82) is 0 Å². The minimum absolute atomic E-state index is 0.395. The summed E-state index contributed by atoms with van der Waals surface area (Å²) in [7, 11) is 1.21. The summed E-state index contributed by atoms with van der Waals surface area (Å²) >= 11 is 0. The Kier molecular flexibility index (Phi) is 6.48. The Hall–Kier alpha value is -2.92. The van der Waals surface area contributed by atoms with E-state index < -0.39 is 24.0 Å². The van der Waals surface area contributed by atoms with Crippen molar-refractivity contribution in [2.24, 2.45) is 0 Å². The van der Waals surface area contributed by atoms with Crippen LogP contribution < -0.4 is 5.32 Å². The summed E-state index contributed by atoms with van der Waals surface area (Å²) in [6.45, 7) is 1.42. The quantitative estimate of drug-likeness (QED) is 0.626. The summed E-state index contributed by atoms with van der Waals surface area (Å²) < 4.78 is 4.58. The topological polar surface area (TPSA) is 75.6 Å². The standard InChI is InChI=1S/C20H21NO4/c1-14(22)18(20(24)25-2)21-19(23)17-12-10-16(11-13-17)9-8-15-6-4-3-5-7-15/h3-14,18,22H,1-2H3,(H,21,23)/b9-8+/t14-,18+/m1/s1. The first-order valence-electron chi connectivity index (χ1n) is 7.91. The molecule has 2 aromatic rings. The number of carbonyl (C=O) groups excluding carboxylic acids is 2. The Balaban J connectivity index is 2.04. The lowest BCUT2D eigenvalue weighted by Gasteiger charge is -2.18. The first-order valence-corrected chi connectivity index (χ1v) is 7.91. The van der Waals surface area contributed by atoms with Gasteiger partial charge in [0.2, 0.25) is 0 Å². The van der Waals surface area contributed by atoms with Gasteiger partial charge in [0, 0.05) is 5.56 Å². The van der Waals surface area contributed by atoms with E-state index in [2.05, 4.69) is 10.1 Å². The predicted molar refractivity (Wildman–Crippen MR) is 96.8 cm³/mol. The Morgan fingerprint density at radius 1 is 1.00 bits per heavy atom. The number of esters is 1. The fraction of sp³-hybridized carbons (Fsp3) is 0.200. The lowest BCUT2D eigenvalue weighted by molar-refractivity contribution is -0.145. The number of benzene rings is 2. The van der Waals surface area contributed by atoms with Crippen LogP contribution in [0.2, 0.25) is 0 Å². The highest BCUT2D eigenvalue weighted by atomic mass is 16.5. The van der Waals surface area contributed by atoms with Crippen molar-refractivity contribution in [1.82, 2.24) is 5.32 Å². The second-order valence-electron chi connectivity index (χ2n) is 5.58. The lowest BCUT2D eigenvalue weighted by Crippen LogP contribution is -2.48. The minimum Gasteiger partial charge on any atom is -0.467 e. The van der Waals surface area contributed by atoms with E-state index in [1.165, 1.54) is 14.0 Å². The van der Waals surface area contributed by atoms with Gasteiger partial charge in [-0.3, -0.25) is 4.79 Å². The molecule has 0 spiro atoms. The Bertz CT molecular complexity index is 736. The van der Waals surface area contributed by atoms with Gasteiger partial charge >= 0.3 is 5.97 Å². The fourth-order valence-corrected chi connectivity index (χ4v) is 2.23. The molecule has 0 aromatic heterocycles. The minimum atomic E-state index is -1.10. The Labute approximate surface area is 146 Å². The summed E-state index contributed by atoms with van der Waals surface area (Å²) in [6.07, 6.45) is 2.88. The average molecular weight is 339 g/mol. The number of amides is 1. The molecule has 0 aliphatic carbocycles. The third kappa shape index (κ3) is 5.29. The molecule has 0 saturated heterocycles. The highest BCUT2D eigenvalue weighted by Crippen LogP contribution is 2.10. The summed E-state index contributed by atoms with van der Waals surface area (Å²) in [5.41, 5.74) is 2.43. The third-order valence-corrected chi connectivity index (χ3v) is 3.66. The first-order chi connectivity index (χ1) is 12.0. The smallest absolute Gasteiger partial charge is 0.331 e. The molecule has 0 radical (unpaired) electrons. The summed E-state index contributed by atoms with van der Waals surface area (Å²) in [6, 6.07) is 15.7. The molecular weight excluding hydrogens is 318 g/mol. The zero-order chi connectivity index (χ0) is 18.2. The van der Waals surface area contributed by atoms with Gasteiger partial charge in [0.25, 0.3) is 5.91 Å². The molecule has 1 amide bonds. The maximum Gasteiger partial charge on any atom is 0.331 e. The summed E-state index contributed by atoms with van der Waals surface area (Å²) in [4.78, 5) is 23.8. The third-order valence-electron chi connectivity index (χ3n) is 3.66. The van der Waals surface area contributed by atoms with Crippen LogP contribution in [0.1, 0.15) is 28.4 Å². The van der Waals surface area contributed by atoms with Gasteiger partial charge in [-0.1, -0.05) is 54.6 Å². The maximum absolute atomic E-state index is 12.2. The molecule has 0 aliphatic rings. The number of aliphatic hydroxyl groups excluding tert-OH is 1. The Morgan fingerprint density at radius 3 is 2.08 bits per heavy atom. The van der Waals surface area contributed by atoms with E-state index in [9.17, 15) is 14.7 Å². The molecule has 0 heterocycles. The Morgan fingerprint density at radius 2 is 1.56 bits per heavy atom. The van der Waals surface area contributed by atoms with Crippen LogP contribution >= 0.6 is 0 Å². The van der Waals surface area contributed by atoms with Crippen LogP contribution in [0, 0.1) is 0 Å². The van der Waals surface area contributed by atoms with Crippen molar-refractivity contribution in [3.05, 3.63) is 71.3 Å². The highest BCUT2D eigenvalue weighted by Gasteiger charge is 2.26. The van der Waals surface area contributed by atoms with Gasteiger partial charge in [0.15, 0.2) is 6.04 Å². The van der Waals surface area contributed by atoms with Crippen molar-refractivity contribution in [3.8, 4) is 0 Å². The van der Waals surface area contributed by atoms with Crippen molar-refractivity contribution in [2.45, 2.75) is 19.1 Å². The molecule has 5 heteroatoms. The van der Waals surface area contributed by atoms with Gasteiger partial charge in [-0.25, -0.2) is 4.79 Å². The van der Waals surface area contributed by atoms with Crippen LogP contribution in [-0.4, -0.2) is 36.2 Å². The van der Waals surface area contributed by atoms with Gasteiger partial charge in [-0.15, -0.1) is 0 Å². The van der Waals surface area contributed by atoms with Gasteiger partial charge in [-0.05, 0) is 30.2 Å². The SMILES string of the molecule is COC(=O)[C@@H](NC(=O)c1ccc(/C=C/c2ccccc2)cc1)[C@@H](C)O. The van der Waals surface area contributed by atoms with Crippen molar-refractivity contribution in [3.63, 3.8) is 0 Å². The van der Waals surface area contributed by atoms with E-state index in [4.69, 9.17) is 0 Å². The molecule has 0 fully saturated rings. The van der Waals surface area contributed by atoms with Crippen molar-refractivity contribution < 1.29 is 19.4 Å². The molecular formula is C20H21NO4. The summed E-state index contributed by atoms with van der Waals surface area (Å²) in [5, 5.41) is 12.1. The molecule has 5 nitrogen and oxygen atoms in total. The number of aliphatic hydroxyl groups is 1. The number of carbonyl (C=O) groups is 2. The normalized spacial score (nSPS) is 13.2. The van der Waals surface area contributed by atoms with E-state index in [-0.39, 0.29) is 0 Å². The van der Waals surface area contributed by atoms with E-state index in [0.717, 1.165) is 11.1 Å². The van der Waals surface area contributed by atoms with Gasteiger partial charge < -0.3 is 15.2 Å². The second kappa shape index (κ2) is 8.80. The molecule has 2 N–H and O–H groups in total. The largest absolute Gasteiger partial charge is 0.467 e. The monoisotopic (exact) mass is 339 g/mol. The van der Waals surface area contributed by atoms with Crippen LogP contribution in [-0.2, 0) is 9.53 Å². The molecule has 2 rings (SSSR count). The van der Waals surface area contributed by atoms with E-state index in [0.29, 0.717) is 5.56 Å². The maximum atomic E-state index is 12.2. The second-order valence-corrected chi connectivity index (χ2v) is 5.58. The molecule has 0 saturated carbocycles. The van der Waals surface area contributed by atoms with E-state index in [1.807, 2.05) is 54.6 Å². The molecule has 0 aliphatic heterocycles. The fourth-order valence-electron chi connectivity index (χ4n) is 2.23. The molecule has 0 unspecified atom stereocenters. The number of ether oxygens (including phenoxy) is 1. The molecule has 0 bridgehead atoms. The van der Waals surface area contributed by atoms with Crippen molar-refractivity contribution in [2.75, 3.05) is 7.11 Å². The number of hydrogen-bond donors (Lipinski definition) is 2. The molecule has 130 valence electrons. The first kappa shape index (κ1) is 18.4.